The molecule has 0 bridgehead atoms. The number of ether oxygens (including phenoxy) is 1. The molecule has 0 saturated heterocycles. The van der Waals surface area contributed by atoms with Gasteiger partial charge in [0.2, 0.25) is 5.91 Å². The van der Waals surface area contributed by atoms with Crippen LogP contribution in [0.4, 0.5) is 17.6 Å². The second-order valence-electron chi connectivity index (χ2n) is 10.6. The van der Waals surface area contributed by atoms with Gasteiger partial charge in [-0.2, -0.15) is 13.2 Å². The Morgan fingerprint density at radius 3 is 2.58 bits per heavy atom. The summed E-state index contributed by atoms with van der Waals surface area (Å²) in [6, 6.07) is 2.21. The van der Waals surface area contributed by atoms with Gasteiger partial charge >= 0.3 is 6.18 Å². The highest BCUT2D eigenvalue weighted by Gasteiger charge is 2.35. The van der Waals surface area contributed by atoms with E-state index in [1.54, 1.807) is 13.8 Å². The minimum absolute atomic E-state index is 0.0923. The van der Waals surface area contributed by atoms with Gasteiger partial charge < -0.3 is 20.4 Å². The SMILES string of the molecule is CCC(=O)N[C@H]1CC[C@H](NC(=O)c2c(C)[nH]c3c(-c4cc(C(F)(F)F)ccc4OCC4CC4)ncnc23)[C@H](F)C1. The Labute approximate surface area is 228 Å². The van der Waals surface area contributed by atoms with Crippen molar-refractivity contribution in [1.29, 1.82) is 0 Å². The maximum Gasteiger partial charge on any atom is 0.416 e. The lowest BCUT2D eigenvalue weighted by Gasteiger charge is -2.32. The van der Waals surface area contributed by atoms with Crippen LogP contribution in [0.3, 0.4) is 0 Å². The number of aromatic nitrogens is 3. The van der Waals surface area contributed by atoms with Crippen molar-refractivity contribution in [2.75, 3.05) is 6.61 Å². The summed E-state index contributed by atoms with van der Waals surface area (Å²) in [7, 11) is 0. The standard InChI is InChI=1S/C28H31F4N5O3/c1-3-22(38)36-17-7-8-20(19(29)11-17)37-27(39)23-14(2)35-26-24(33-13-34-25(23)26)18-10-16(28(30,31)32)6-9-21(18)40-12-15-4-5-15/h6,9-10,13,15,17,19-20,35H,3-5,7-8,11-12H2,1-2H3,(H,36,38)(H,37,39)/t17-,19+,20-/m0/s1. The summed E-state index contributed by atoms with van der Waals surface area (Å²) in [5, 5.41) is 5.55. The number of rotatable bonds is 8. The van der Waals surface area contributed by atoms with E-state index >= 15 is 0 Å². The number of nitrogens with one attached hydrogen (secondary N) is 3. The largest absolute Gasteiger partial charge is 0.493 e. The highest BCUT2D eigenvalue weighted by Crippen LogP contribution is 2.40. The number of hydrogen-bond donors (Lipinski definition) is 3. The van der Waals surface area contributed by atoms with Crippen LogP contribution in [-0.2, 0) is 11.0 Å². The van der Waals surface area contributed by atoms with E-state index in [4.69, 9.17) is 4.74 Å². The van der Waals surface area contributed by atoms with E-state index < -0.39 is 29.9 Å². The molecule has 0 spiro atoms. The first kappa shape index (κ1) is 27.9. The average Bonchev–Trinajstić information content (AvgIpc) is 3.67. The predicted octanol–water partition coefficient (Wildman–Crippen LogP) is 5.26. The first-order valence-electron chi connectivity index (χ1n) is 13.5. The van der Waals surface area contributed by atoms with Crippen molar-refractivity contribution in [2.45, 2.75) is 76.8 Å². The molecular formula is C28H31F4N5O3. The van der Waals surface area contributed by atoms with Gasteiger partial charge in [-0.15, -0.1) is 0 Å². The monoisotopic (exact) mass is 561 g/mol. The highest BCUT2D eigenvalue weighted by atomic mass is 19.4. The molecule has 0 unspecified atom stereocenters. The molecule has 0 aliphatic heterocycles. The van der Waals surface area contributed by atoms with Gasteiger partial charge in [-0.05, 0) is 56.7 Å². The van der Waals surface area contributed by atoms with Crippen molar-refractivity contribution < 1.29 is 31.9 Å². The molecule has 8 nitrogen and oxygen atoms in total. The summed E-state index contributed by atoms with van der Waals surface area (Å²) < 4.78 is 61.6. The number of halogens is 4. The van der Waals surface area contributed by atoms with Crippen LogP contribution >= 0.6 is 0 Å². The molecule has 2 amide bonds. The van der Waals surface area contributed by atoms with Crippen LogP contribution in [0.25, 0.3) is 22.3 Å². The number of fused-ring (bicyclic) bond motifs is 1. The van der Waals surface area contributed by atoms with Crippen molar-refractivity contribution in [3.63, 3.8) is 0 Å². The van der Waals surface area contributed by atoms with Gasteiger partial charge in [0.1, 0.15) is 29.5 Å². The minimum Gasteiger partial charge on any atom is -0.493 e. The Hall–Kier alpha value is -3.70. The fourth-order valence-corrected chi connectivity index (χ4v) is 5.09. The molecule has 2 aliphatic carbocycles. The second-order valence-corrected chi connectivity index (χ2v) is 10.6. The highest BCUT2D eigenvalue weighted by molar-refractivity contribution is 6.09. The number of hydrogen-bond acceptors (Lipinski definition) is 5. The van der Waals surface area contributed by atoms with Crippen LogP contribution in [0.5, 0.6) is 5.75 Å². The third-order valence-corrected chi connectivity index (χ3v) is 7.51. The summed E-state index contributed by atoms with van der Waals surface area (Å²) >= 11 is 0. The first-order chi connectivity index (χ1) is 19.0. The Bertz CT molecular complexity index is 1420. The molecule has 3 N–H and O–H groups in total. The molecule has 12 heteroatoms. The normalized spacial score (nSPS) is 21.3. The quantitative estimate of drug-likeness (QED) is 0.325. The number of nitrogens with zero attached hydrogens (tertiary/aromatic N) is 2. The van der Waals surface area contributed by atoms with Gasteiger partial charge in [0.25, 0.3) is 5.91 Å². The summed E-state index contributed by atoms with van der Waals surface area (Å²) in [5.74, 6) is -0.0657. The average molecular weight is 562 g/mol. The van der Waals surface area contributed by atoms with Crippen molar-refractivity contribution >= 4 is 22.8 Å². The van der Waals surface area contributed by atoms with E-state index in [0.717, 1.165) is 25.0 Å². The molecule has 3 aromatic rings. The Morgan fingerprint density at radius 1 is 1.12 bits per heavy atom. The zero-order valence-corrected chi connectivity index (χ0v) is 22.2. The number of carbonyl (C=O) groups is 2. The van der Waals surface area contributed by atoms with Crippen LogP contribution in [0, 0.1) is 12.8 Å². The Kier molecular flexibility index (Phi) is 7.70. The fraction of sp³-hybridized carbons (Fsp3) is 0.500. The number of carbonyl (C=O) groups excluding carboxylic acids is 2. The number of alkyl halides is 4. The van der Waals surface area contributed by atoms with E-state index in [-0.39, 0.29) is 52.0 Å². The first-order valence-corrected chi connectivity index (χ1v) is 13.5. The molecule has 0 radical (unpaired) electrons. The van der Waals surface area contributed by atoms with E-state index in [1.807, 2.05) is 0 Å². The second kappa shape index (κ2) is 11.1. The molecule has 2 aromatic heterocycles. The molecule has 2 fully saturated rings. The van der Waals surface area contributed by atoms with Crippen molar-refractivity contribution in [1.82, 2.24) is 25.6 Å². The van der Waals surface area contributed by atoms with Crippen molar-refractivity contribution in [3.05, 3.63) is 41.3 Å². The predicted molar refractivity (Wildman–Crippen MR) is 140 cm³/mol. The van der Waals surface area contributed by atoms with Crippen LogP contribution in [0.15, 0.2) is 24.5 Å². The van der Waals surface area contributed by atoms with Crippen LogP contribution in [-0.4, -0.2) is 51.6 Å². The fourth-order valence-electron chi connectivity index (χ4n) is 5.09. The van der Waals surface area contributed by atoms with E-state index in [1.165, 1.54) is 12.4 Å². The summed E-state index contributed by atoms with van der Waals surface area (Å²) in [6.45, 7) is 3.75. The third-order valence-electron chi connectivity index (χ3n) is 7.51. The summed E-state index contributed by atoms with van der Waals surface area (Å²) in [6.07, 6.45) is -1.45. The molecule has 2 aliphatic rings. The lowest BCUT2D eigenvalue weighted by atomic mass is 9.89. The smallest absolute Gasteiger partial charge is 0.416 e. The van der Waals surface area contributed by atoms with Gasteiger partial charge in [0.15, 0.2) is 0 Å². The molecule has 2 saturated carbocycles. The van der Waals surface area contributed by atoms with Gasteiger partial charge in [-0.3, -0.25) is 9.59 Å². The summed E-state index contributed by atoms with van der Waals surface area (Å²) in [5.41, 5.74) is 0.523. The molecule has 214 valence electrons. The molecule has 5 rings (SSSR count). The third kappa shape index (κ3) is 5.90. The van der Waals surface area contributed by atoms with Crippen molar-refractivity contribution in [3.8, 4) is 17.0 Å². The number of H-pyrrole nitrogens is 1. The molecule has 2 heterocycles. The Balaban J connectivity index is 1.43. The Morgan fingerprint density at radius 2 is 1.90 bits per heavy atom. The maximum absolute atomic E-state index is 15.0. The molecule has 1 aromatic carbocycles. The number of aryl methyl sites for hydroxylation is 1. The summed E-state index contributed by atoms with van der Waals surface area (Å²) in [4.78, 5) is 36.6. The zero-order valence-electron chi connectivity index (χ0n) is 22.2. The lowest BCUT2D eigenvalue weighted by Crippen LogP contribution is -2.50. The number of aromatic amines is 1. The van der Waals surface area contributed by atoms with Gasteiger partial charge in [-0.1, -0.05) is 6.92 Å². The van der Waals surface area contributed by atoms with Crippen LogP contribution in [0.2, 0.25) is 0 Å². The van der Waals surface area contributed by atoms with Gasteiger partial charge in [0, 0.05) is 30.1 Å². The maximum atomic E-state index is 15.0. The number of amides is 2. The van der Waals surface area contributed by atoms with E-state index in [0.29, 0.717) is 37.5 Å². The van der Waals surface area contributed by atoms with Crippen LogP contribution in [0.1, 0.15) is 67.1 Å². The molecular weight excluding hydrogens is 530 g/mol. The van der Waals surface area contributed by atoms with Crippen LogP contribution < -0.4 is 15.4 Å². The minimum atomic E-state index is -4.58. The van der Waals surface area contributed by atoms with Gasteiger partial charge in [-0.25, -0.2) is 14.4 Å². The number of benzene rings is 1. The molecule has 40 heavy (non-hydrogen) atoms. The zero-order chi connectivity index (χ0) is 28.6. The molecule has 3 atom stereocenters. The van der Waals surface area contributed by atoms with Gasteiger partial charge in [0.05, 0.1) is 29.3 Å². The van der Waals surface area contributed by atoms with E-state index in [9.17, 15) is 27.2 Å². The van der Waals surface area contributed by atoms with Crippen molar-refractivity contribution in [2.24, 2.45) is 5.92 Å². The van der Waals surface area contributed by atoms with E-state index in [2.05, 4.69) is 25.6 Å². The lowest BCUT2D eigenvalue weighted by molar-refractivity contribution is -0.137. The topological polar surface area (TPSA) is 109 Å².